The summed E-state index contributed by atoms with van der Waals surface area (Å²) in [5.74, 6) is 0.501. The summed E-state index contributed by atoms with van der Waals surface area (Å²) in [6, 6.07) is 3.56. The van der Waals surface area contributed by atoms with Crippen LogP contribution in [0.2, 0.25) is 5.15 Å². The van der Waals surface area contributed by atoms with Crippen LogP contribution in [0.3, 0.4) is 0 Å². The molecule has 0 atom stereocenters. The second-order valence-electron chi connectivity index (χ2n) is 5.25. The Hall–Kier alpha value is -1.22. The predicted octanol–water partition coefficient (Wildman–Crippen LogP) is 2.45. The van der Waals surface area contributed by atoms with E-state index in [0.29, 0.717) is 29.8 Å². The number of hydrogen-bond donors (Lipinski definition) is 0. The molecule has 2 aromatic rings. The van der Waals surface area contributed by atoms with Crippen molar-refractivity contribution in [3.63, 3.8) is 0 Å². The molecule has 0 aromatic carbocycles. The van der Waals surface area contributed by atoms with Crippen LogP contribution in [-0.4, -0.2) is 42.4 Å². The average Bonchev–Trinajstić information content (AvgIpc) is 2.95. The first kappa shape index (κ1) is 16.6. The fourth-order valence-electron chi connectivity index (χ4n) is 2.24. The first-order chi connectivity index (χ1) is 11.0. The molecule has 0 N–H and O–H groups in total. The highest BCUT2D eigenvalue weighted by Crippen LogP contribution is 2.30. The molecule has 0 aliphatic carbocycles. The quantitative estimate of drug-likeness (QED) is 0.777. The molecule has 1 aliphatic rings. The summed E-state index contributed by atoms with van der Waals surface area (Å²) >= 11 is 7.07. The Labute approximate surface area is 144 Å². The number of ether oxygens (including phenoxy) is 1. The lowest BCUT2D eigenvalue weighted by Crippen LogP contribution is -2.51. The van der Waals surface area contributed by atoms with E-state index in [9.17, 15) is 8.42 Å². The molecular weight excluding hydrogens is 358 g/mol. The molecule has 23 heavy (non-hydrogen) atoms. The highest BCUT2D eigenvalue weighted by Gasteiger charge is 2.37. The van der Waals surface area contributed by atoms with E-state index < -0.39 is 10.0 Å². The van der Waals surface area contributed by atoms with Gasteiger partial charge in [-0.3, -0.25) is 4.98 Å². The summed E-state index contributed by atoms with van der Waals surface area (Å²) in [7, 11) is -3.37. The van der Waals surface area contributed by atoms with Gasteiger partial charge in [0.2, 0.25) is 5.88 Å². The minimum Gasteiger partial charge on any atom is -0.476 e. The molecular formula is C14H16ClN3O3S2. The van der Waals surface area contributed by atoms with Gasteiger partial charge in [0.1, 0.15) is 4.21 Å². The van der Waals surface area contributed by atoms with Crippen molar-refractivity contribution in [1.82, 2.24) is 14.3 Å². The third kappa shape index (κ3) is 3.65. The largest absolute Gasteiger partial charge is 0.476 e. The van der Waals surface area contributed by atoms with Crippen LogP contribution in [-0.2, 0) is 16.4 Å². The molecule has 1 aliphatic heterocycles. The molecule has 3 rings (SSSR count). The molecule has 0 saturated carbocycles. The Bertz CT molecular complexity index is 788. The number of thiophene rings is 1. The Balaban J connectivity index is 1.54. The van der Waals surface area contributed by atoms with Crippen LogP contribution in [0.4, 0.5) is 0 Å². The zero-order valence-corrected chi connectivity index (χ0v) is 14.9. The van der Waals surface area contributed by atoms with Gasteiger partial charge < -0.3 is 4.74 Å². The van der Waals surface area contributed by atoms with Crippen molar-refractivity contribution >= 4 is 33.0 Å². The van der Waals surface area contributed by atoms with Gasteiger partial charge in [-0.1, -0.05) is 18.5 Å². The first-order valence-corrected chi connectivity index (χ1v) is 9.81. The third-order valence-electron chi connectivity index (χ3n) is 3.55. The topological polar surface area (TPSA) is 72.4 Å². The van der Waals surface area contributed by atoms with E-state index in [1.807, 2.05) is 13.0 Å². The lowest BCUT2D eigenvalue weighted by Gasteiger charge is -2.37. The molecule has 0 radical (unpaired) electrons. The molecule has 0 amide bonds. The Morgan fingerprint density at radius 1 is 1.39 bits per heavy atom. The molecule has 1 fully saturated rings. The summed E-state index contributed by atoms with van der Waals surface area (Å²) in [6.45, 7) is 3.31. The molecule has 3 heterocycles. The minimum absolute atomic E-state index is 0.149. The standard InChI is InChI=1S/C14H16ClN3O3S2/c1-2-11-3-4-14(22-11)23(19,20)18-7-10(8-18)9-21-13-6-16-5-12(15)17-13/h3-6,10H,2,7-9H2,1H3. The van der Waals surface area contributed by atoms with Crippen LogP contribution in [0, 0.1) is 5.92 Å². The van der Waals surface area contributed by atoms with Crippen molar-refractivity contribution in [1.29, 1.82) is 0 Å². The number of halogens is 1. The molecule has 124 valence electrons. The minimum atomic E-state index is -3.37. The molecule has 9 heteroatoms. The average molecular weight is 374 g/mol. The van der Waals surface area contributed by atoms with Gasteiger partial charge in [0, 0.05) is 23.9 Å². The van der Waals surface area contributed by atoms with Crippen molar-refractivity contribution in [2.45, 2.75) is 17.6 Å². The first-order valence-electron chi connectivity index (χ1n) is 7.18. The molecule has 6 nitrogen and oxygen atoms in total. The number of hydrogen-bond acceptors (Lipinski definition) is 6. The van der Waals surface area contributed by atoms with Crippen molar-refractivity contribution in [2.24, 2.45) is 5.92 Å². The van der Waals surface area contributed by atoms with Crippen LogP contribution in [0.25, 0.3) is 0 Å². The van der Waals surface area contributed by atoms with Gasteiger partial charge in [-0.05, 0) is 18.6 Å². The number of nitrogens with zero attached hydrogens (tertiary/aromatic N) is 3. The summed E-state index contributed by atoms with van der Waals surface area (Å²) in [6.07, 6.45) is 3.76. The number of sulfonamides is 1. The Morgan fingerprint density at radius 2 is 2.17 bits per heavy atom. The van der Waals surface area contributed by atoms with E-state index in [2.05, 4.69) is 9.97 Å². The van der Waals surface area contributed by atoms with E-state index in [-0.39, 0.29) is 11.1 Å². The van der Waals surface area contributed by atoms with E-state index in [1.165, 1.54) is 28.0 Å². The molecule has 1 saturated heterocycles. The lowest BCUT2D eigenvalue weighted by atomic mass is 10.1. The number of aromatic nitrogens is 2. The van der Waals surface area contributed by atoms with Gasteiger partial charge in [-0.15, -0.1) is 11.3 Å². The Kier molecular flexibility index (Phi) is 4.86. The third-order valence-corrected chi connectivity index (χ3v) is 7.26. The van der Waals surface area contributed by atoms with Crippen LogP contribution >= 0.6 is 22.9 Å². The van der Waals surface area contributed by atoms with Gasteiger partial charge in [0.05, 0.1) is 19.0 Å². The fourth-order valence-corrected chi connectivity index (χ4v) is 5.42. The second-order valence-corrected chi connectivity index (χ2v) is 8.97. The summed E-state index contributed by atoms with van der Waals surface area (Å²) in [5, 5.41) is 0.268. The highest BCUT2D eigenvalue weighted by molar-refractivity contribution is 7.91. The highest BCUT2D eigenvalue weighted by atomic mass is 35.5. The normalized spacial score (nSPS) is 16.3. The monoisotopic (exact) mass is 373 g/mol. The summed E-state index contributed by atoms with van der Waals surface area (Å²) < 4.78 is 32.3. The second kappa shape index (κ2) is 6.72. The van der Waals surface area contributed by atoms with Gasteiger partial charge in [-0.25, -0.2) is 8.42 Å². The van der Waals surface area contributed by atoms with Crippen LogP contribution in [0.15, 0.2) is 28.7 Å². The van der Waals surface area contributed by atoms with E-state index in [0.717, 1.165) is 11.3 Å². The SMILES string of the molecule is CCc1ccc(S(=O)(=O)N2CC(COc3cncc(Cl)n3)C2)s1. The number of rotatable bonds is 6. The van der Waals surface area contributed by atoms with Crippen molar-refractivity contribution in [3.8, 4) is 5.88 Å². The van der Waals surface area contributed by atoms with Crippen LogP contribution in [0.1, 0.15) is 11.8 Å². The van der Waals surface area contributed by atoms with E-state index in [1.54, 1.807) is 6.07 Å². The van der Waals surface area contributed by atoms with E-state index in [4.69, 9.17) is 16.3 Å². The van der Waals surface area contributed by atoms with Crippen molar-refractivity contribution in [2.75, 3.05) is 19.7 Å². The van der Waals surface area contributed by atoms with Crippen molar-refractivity contribution < 1.29 is 13.2 Å². The maximum Gasteiger partial charge on any atom is 0.252 e. The molecule has 2 aromatic heterocycles. The van der Waals surface area contributed by atoms with Gasteiger partial charge in [0.15, 0.2) is 5.15 Å². The zero-order chi connectivity index (χ0) is 16.4. The van der Waals surface area contributed by atoms with Gasteiger partial charge in [0.25, 0.3) is 10.0 Å². The van der Waals surface area contributed by atoms with Crippen molar-refractivity contribution in [3.05, 3.63) is 34.6 Å². The van der Waals surface area contributed by atoms with Crippen LogP contribution < -0.4 is 4.74 Å². The maximum atomic E-state index is 12.5. The predicted molar refractivity (Wildman–Crippen MR) is 88.5 cm³/mol. The van der Waals surface area contributed by atoms with E-state index >= 15 is 0 Å². The van der Waals surface area contributed by atoms with Gasteiger partial charge in [-0.2, -0.15) is 9.29 Å². The molecule has 0 unspecified atom stereocenters. The van der Waals surface area contributed by atoms with Gasteiger partial charge >= 0.3 is 0 Å². The molecule has 0 bridgehead atoms. The zero-order valence-electron chi connectivity index (χ0n) is 12.5. The molecule has 0 spiro atoms. The smallest absolute Gasteiger partial charge is 0.252 e. The number of aryl methyl sites for hydroxylation is 1. The fraction of sp³-hybridized carbons (Fsp3) is 0.429. The van der Waals surface area contributed by atoms with Crippen LogP contribution in [0.5, 0.6) is 5.88 Å². The summed E-state index contributed by atoms with van der Waals surface area (Å²) in [5.41, 5.74) is 0. The maximum absolute atomic E-state index is 12.5. The lowest BCUT2D eigenvalue weighted by molar-refractivity contribution is 0.127. The summed E-state index contributed by atoms with van der Waals surface area (Å²) in [4.78, 5) is 8.94. The Morgan fingerprint density at radius 3 is 2.83 bits per heavy atom.